The first-order chi connectivity index (χ1) is 9.47. The maximum atomic E-state index is 6.09. The van der Waals surface area contributed by atoms with Crippen molar-refractivity contribution in [1.82, 2.24) is 9.80 Å². The van der Waals surface area contributed by atoms with Crippen LogP contribution in [0.25, 0.3) is 0 Å². The molecule has 0 amide bonds. The predicted octanol–water partition coefficient (Wildman–Crippen LogP) is 3.27. The highest BCUT2D eigenvalue weighted by Crippen LogP contribution is 2.26. The van der Waals surface area contributed by atoms with Gasteiger partial charge in [-0.3, -0.25) is 4.90 Å². The molecule has 1 aromatic rings. The summed E-state index contributed by atoms with van der Waals surface area (Å²) < 4.78 is 0. The molecule has 0 aliphatic rings. The fourth-order valence-electron chi connectivity index (χ4n) is 2.39. The third kappa shape index (κ3) is 5.58. The Morgan fingerprint density at radius 3 is 2.15 bits per heavy atom. The Labute approximate surface area is 132 Å². The largest absolute Gasteiger partial charge is 0.329 e. The van der Waals surface area contributed by atoms with Gasteiger partial charge in [-0.1, -0.05) is 30.1 Å². The highest BCUT2D eigenvalue weighted by Gasteiger charge is 2.18. The highest BCUT2D eigenvalue weighted by atomic mass is 35.5. The lowest BCUT2D eigenvalue weighted by atomic mass is 10.0. The molecule has 0 radical (unpaired) electrons. The second-order valence-corrected chi connectivity index (χ2v) is 6.11. The minimum absolute atomic E-state index is 0.165. The summed E-state index contributed by atoms with van der Waals surface area (Å²) >= 11 is 12.2. The third-order valence-electron chi connectivity index (χ3n) is 3.39. The molecule has 1 unspecified atom stereocenters. The first kappa shape index (κ1) is 17.7. The molecule has 0 fully saturated rings. The van der Waals surface area contributed by atoms with Gasteiger partial charge in [-0.2, -0.15) is 0 Å². The van der Waals surface area contributed by atoms with E-state index in [1.165, 1.54) is 0 Å². The highest BCUT2D eigenvalue weighted by molar-refractivity contribution is 6.34. The van der Waals surface area contributed by atoms with Gasteiger partial charge in [-0.05, 0) is 57.4 Å². The van der Waals surface area contributed by atoms with Crippen LogP contribution in [0.3, 0.4) is 0 Å². The summed E-state index contributed by atoms with van der Waals surface area (Å²) in [7, 11) is 4.18. The number of hydrogen-bond donors (Lipinski definition) is 1. The van der Waals surface area contributed by atoms with Crippen LogP contribution in [0, 0.1) is 0 Å². The zero-order valence-corrected chi connectivity index (χ0v) is 14.1. The van der Waals surface area contributed by atoms with E-state index in [-0.39, 0.29) is 6.04 Å². The van der Waals surface area contributed by atoms with E-state index in [0.29, 0.717) is 16.6 Å². The molecule has 2 N–H and O–H groups in total. The molecule has 0 aliphatic carbocycles. The summed E-state index contributed by atoms with van der Waals surface area (Å²) in [6, 6.07) is 5.83. The van der Waals surface area contributed by atoms with E-state index in [9.17, 15) is 0 Å². The van der Waals surface area contributed by atoms with Crippen molar-refractivity contribution >= 4 is 23.2 Å². The zero-order chi connectivity index (χ0) is 15.1. The summed E-state index contributed by atoms with van der Waals surface area (Å²) in [5.74, 6) is 0. The zero-order valence-electron chi connectivity index (χ0n) is 12.6. The molecule has 20 heavy (non-hydrogen) atoms. The number of nitrogens with two attached hydrogens (primary N) is 1. The predicted molar refractivity (Wildman–Crippen MR) is 88.7 cm³/mol. The Hall–Kier alpha value is -0.320. The summed E-state index contributed by atoms with van der Waals surface area (Å²) in [4.78, 5) is 4.58. The van der Waals surface area contributed by atoms with E-state index in [0.717, 1.165) is 31.6 Å². The minimum Gasteiger partial charge on any atom is -0.329 e. The molecular formula is C15H25Cl2N3. The van der Waals surface area contributed by atoms with Crippen LogP contribution in [0.4, 0.5) is 0 Å². The Balaban J connectivity index is 2.80. The number of nitrogens with zero attached hydrogens (tertiary/aromatic N) is 2. The third-order valence-corrected chi connectivity index (χ3v) is 3.83. The quantitative estimate of drug-likeness (QED) is 0.798. The Bertz CT molecular complexity index is 390. The maximum absolute atomic E-state index is 6.09. The number of hydrogen-bond acceptors (Lipinski definition) is 3. The maximum Gasteiger partial charge on any atom is 0.0471 e. The van der Waals surface area contributed by atoms with Crippen LogP contribution in [-0.2, 0) is 0 Å². The van der Waals surface area contributed by atoms with Crippen molar-refractivity contribution in [2.24, 2.45) is 5.73 Å². The standard InChI is InChI=1S/C15H25Cl2N3/c1-4-20(7-5-6-19(2)3)15(11-18)12-8-13(16)10-14(17)9-12/h8-10,15H,4-7,11,18H2,1-3H3. The normalized spacial score (nSPS) is 13.2. The van der Waals surface area contributed by atoms with Crippen LogP contribution in [-0.4, -0.2) is 50.1 Å². The Kier molecular flexibility index (Phi) is 7.85. The van der Waals surface area contributed by atoms with Crippen LogP contribution in [0.5, 0.6) is 0 Å². The van der Waals surface area contributed by atoms with Gasteiger partial charge in [0.2, 0.25) is 0 Å². The van der Waals surface area contributed by atoms with Gasteiger partial charge < -0.3 is 10.6 Å². The lowest BCUT2D eigenvalue weighted by Gasteiger charge is -2.30. The topological polar surface area (TPSA) is 32.5 Å². The number of halogens is 2. The van der Waals surface area contributed by atoms with Gasteiger partial charge in [0.1, 0.15) is 0 Å². The van der Waals surface area contributed by atoms with Gasteiger partial charge in [0.15, 0.2) is 0 Å². The van der Waals surface area contributed by atoms with Crippen LogP contribution in [0.15, 0.2) is 18.2 Å². The number of benzene rings is 1. The number of likely N-dealkylation sites (N-methyl/N-ethyl adjacent to an activating group) is 1. The molecule has 0 spiro atoms. The molecule has 1 aromatic carbocycles. The Morgan fingerprint density at radius 2 is 1.70 bits per heavy atom. The molecule has 0 saturated carbocycles. The Morgan fingerprint density at radius 1 is 1.10 bits per heavy atom. The number of rotatable bonds is 8. The lowest BCUT2D eigenvalue weighted by Crippen LogP contribution is -2.35. The summed E-state index contributed by atoms with van der Waals surface area (Å²) in [6.45, 7) is 5.77. The van der Waals surface area contributed by atoms with Gasteiger partial charge in [0.05, 0.1) is 0 Å². The average molecular weight is 318 g/mol. The van der Waals surface area contributed by atoms with Crippen molar-refractivity contribution in [3.05, 3.63) is 33.8 Å². The van der Waals surface area contributed by atoms with E-state index in [1.54, 1.807) is 6.07 Å². The van der Waals surface area contributed by atoms with E-state index in [2.05, 4.69) is 30.8 Å². The monoisotopic (exact) mass is 317 g/mol. The molecule has 0 aliphatic heterocycles. The molecule has 0 aromatic heterocycles. The summed E-state index contributed by atoms with van der Waals surface area (Å²) in [6.07, 6.45) is 1.12. The van der Waals surface area contributed by atoms with Crippen molar-refractivity contribution in [2.45, 2.75) is 19.4 Å². The summed E-state index contributed by atoms with van der Waals surface area (Å²) in [5, 5.41) is 1.32. The smallest absolute Gasteiger partial charge is 0.0471 e. The van der Waals surface area contributed by atoms with Gasteiger partial charge in [0, 0.05) is 29.2 Å². The van der Waals surface area contributed by atoms with Crippen LogP contribution >= 0.6 is 23.2 Å². The fraction of sp³-hybridized carbons (Fsp3) is 0.600. The molecular weight excluding hydrogens is 293 g/mol. The molecule has 0 heterocycles. The average Bonchev–Trinajstić information content (AvgIpc) is 2.36. The van der Waals surface area contributed by atoms with Gasteiger partial charge in [0.25, 0.3) is 0 Å². The molecule has 3 nitrogen and oxygen atoms in total. The first-order valence-corrected chi connectivity index (χ1v) is 7.78. The van der Waals surface area contributed by atoms with Crippen molar-refractivity contribution in [2.75, 3.05) is 40.3 Å². The molecule has 0 saturated heterocycles. The van der Waals surface area contributed by atoms with E-state index < -0.39 is 0 Å². The van der Waals surface area contributed by atoms with Crippen LogP contribution in [0.1, 0.15) is 24.9 Å². The molecule has 1 atom stereocenters. The van der Waals surface area contributed by atoms with Crippen LogP contribution in [0.2, 0.25) is 10.0 Å². The first-order valence-electron chi connectivity index (χ1n) is 7.02. The van der Waals surface area contributed by atoms with Gasteiger partial charge >= 0.3 is 0 Å². The van der Waals surface area contributed by atoms with E-state index in [1.807, 2.05) is 12.1 Å². The van der Waals surface area contributed by atoms with Gasteiger partial charge in [-0.25, -0.2) is 0 Å². The molecule has 114 valence electrons. The molecule has 5 heteroatoms. The minimum atomic E-state index is 0.165. The van der Waals surface area contributed by atoms with Crippen molar-refractivity contribution < 1.29 is 0 Å². The second kappa shape index (κ2) is 8.85. The molecule has 1 rings (SSSR count). The summed E-state index contributed by atoms with van der Waals surface area (Å²) in [5.41, 5.74) is 7.07. The van der Waals surface area contributed by atoms with Crippen molar-refractivity contribution in [3.8, 4) is 0 Å². The SMILES string of the molecule is CCN(CCCN(C)C)C(CN)c1cc(Cl)cc(Cl)c1. The second-order valence-electron chi connectivity index (χ2n) is 5.24. The van der Waals surface area contributed by atoms with E-state index >= 15 is 0 Å². The molecule has 0 bridgehead atoms. The van der Waals surface area contributed by atoms with E-state index in [4.69, 9.17) is 28.9 Å². The van der Waals surface area contributed by atoms with Crippen molar-refractivity contribution in [3.63, 3.8) is 0 Å². The van der Waals surface area contributed by atoms with Crippen LogP contribution < -0.4 is 5.73 Å². The lowest BCUT2D eigenvalue weighted by molar-refractivity contribution is 0.201. The fourth-order valence-corrected chi connectivity index (χ4v) is 2.93. The van der Waals surface area contributed by atoms with Gasteiger partial charge in [-0.15, -0.1) is 0 Å². The van der Waals surface area contributed by atoms with Crippen molar-refractivity contribution in [1.29, 1.82) is 0 Å².